The maximum atomic E-state index is 10.9. The van der Waals surface area contributed by atoms with Gasteiger partial charge in [-0.15, -0.1) is 0 Å². The van der Waals surface area contributed by atoms with E-state index in [1.54, 1.807) is 18.2 Å². The van der Waals surface area contributed by atoms with Crippen LogP contribution >= 0.6 is 0 Å². The molecule has 0 N–H and O–H groups in total. The number of hydrogen-bond acceptors (Lipinski definition) is 5. The van der Waals surface area contributed by atoms with Crippen LogP contribution in [0.5, 0.6) is 17.2 Å². The molecule has 0 amide bonds. The van der Waals surface area contributed by atoms with E-state index in [1.165, 1.54) is 7.11 Å². The fraction of sp³-hybridized carbons (Fsp3) is 0.0667. The van der Waals surface area contributed by atoms with E-state index in [-0.39, 0.29) is 0 Å². The van der Waals surface area contributed by atoms with Crippen molar-refractivity contribution in [1.29, 1.82) is 0 Å². The Labute approximate surface area is 116 Å². The first-order valence-corrected chi connectivity index (χ1v) is 5.90. The van der Waals surface area contributed by atoms with Crippen LogP contribution in [-0.2, 0) is 9.53 Å². The van der Waals surface area contributed by atoms with Crippen molar-refractivity contribution in [2.75, 3.05) is 7.11 Å². The summed E-state index contributed by atoms with van der Waals surface area (Å²) in [6.07, 6.45) is 0.944. The van der Waals surface area contributed by atoms with Crippen LogP contribution in [0.15, 0.2) is 59.8 Å². The molecule has 0 spiro atoms. The summed E-state index contributed by atoms with van der Waals surface area (Å²) in [6.45, 7) is 0. The normalized spacial score (nSPS) is 10.2. The highest BCUT2D eigenvalue weighted by Crippen LogP contribution is 2.31. The summed E-state index contributed by atoms with van der Waals surface area (Å²) in [7, 11) is 1.26. The molecule has 0 heterocycles. The zero-order chi connectivity index (χ0) is 14.2. The Morgan fingerprint density at radius 2 is 1.65 bits per heavy atom. The molecular formula is C15H13NO4. The summed E-state index contributed by atoms with van der Waals surface area (Å²) in [5, 5.41) is 3.54. The minimum Gasteiger partial charge on any atom is -0.465 e. The van der Waals surface area contributed by atoms with Gasteiger partial charge in [0, 0.05) is 0 Å². The van der Waals surface area contributed by atoms with Crippen LogP contribution in [0.25, 0.3) is 0 Å². The van der Waals surface area contributed by atoms with Crippen LogP contribution in [0.2, 0.25) is 0 Å². The molecule has 2 aromatic rings. The number of carbonyl (C=O) groups is 1. The van der Waals surface area contributed by atoms with Crippen LogP contribution in [0, 0.1) is 0 Å². The molecule has 0 atom stereocenters. The van der Waals surface area contributed by atoms with Gasteiger partial charge < -0.3 is 14.3 Å². The van der Waals surface area contributed by atoms with Crippen molar-refractivity contribution in [2.45, 2.75) is 0 Å². The van der Waals surface area contributed by atoms with Crippen molar-refractivity contribution in [1.82, 2.24) is 0 Å². The first kappa shape index (κ1) is 13.6. The minimum atomic E-state index is -0.591. The summed E-state index contributed by atoms with van der Waals surface area (Å²) in [5.74, 6) is 0.990. The van der Waals surface area contributed by atoms with Gasteiger partial charge in [0.2, 0.25) is 0 Å². The molecule has 20 heavy (non-hydrogen) atoms. The quantitative estimate of drug-likeness (QED) is 0.476. The highest BCUT2D eigenvalue weighted by molar-refractivity contribution is 6.22. The van der Waals surface area contributed by atoms with Crippen molar-refractivity contribution >= 4 is 12.2 Å². The number of carbonyl (C=O) groups excluding carboxylic acids is 1. The SMILES string of the molecule is COC(=O)C=NOc1ccccc1Oc1ccccc1. The van der Waals surface area contributed by atoms with E-state index >= 15 is 0 Å². The molecule has 0 bridgehead atoms. The number of benzene rings is 2. The standard InChI is InChI=1S/C15H13NO4/c1-18-15(17)11-16-20-14-10-6-5-9-13(14)19-12-7-3-2-4-8-12/h2-11H,1H3. The van der Waals surface area contributed by atoms with Gasteiger partial charge in [0.25, 0.3) is 0 Å². The average Bonchev–Trinajstić information content (AvgIpc) is 2.50. The average molecular weight is 271 g/mol. The van der Waals surface area contributed by atoms with Gasteiger partial charge >= 0.3 is 5.97 Å². The molecule has 0 radical (unpaired) electrons. The van der Waals surface area contributed by atoms with Crippen LogP contribution in [0.1, 0.15) is 0 Å². The lowest BCUT2D eigenvalue weighted by atomic mass is 10.3. The molecule has 5 nitrogen and oxygen atoms in total. The molecule has 0 fully saturated rings. The number of nitrogens with zero attached hydrogens (tertiary/aromatic N) is 1. The van der Waals surface area contributed by atoms with E-state index in [1.807, 2.05) is 36.4 Å². The highest BCUT2D eigenvalue weighted by atomic mass is 16.6. The van der Waals surface area contributed by atoms with Gasteiger partial charge in [-0.2, -0.15) is 0 Å². The second kappa shape index (κ2) is 6.94. The molecule has 0 aliphatic rings. The molecule has 2 aromatic carbocycles. The number of methoxy groups -OCH3 is 1. The van der Waals surface area contributed by atoms with Crippen LogP contribution in [0.3, 0.4) is 0 Å². The largest absolute Gasteiger partial charge is 0.465 e. The lowest BCUT2D eigenvalue weighted by Crippen LogP contribution is -2.02. The Hall–Kier alpha value is -2.82. The van der Waals surface area contributed by atoms with Crippen LogP contribution < -0.4 is 9.57 Å². The van der Waals surface area contributed by atoms with Gasteiger partial charge in [-0.25, -0.2) is 4.79 Å². The summed E-state index contributed by atoms with van der Waals surface area (Å²) in [6, 6.07) is 16.3. The van der Waals surface area contributed by atoms with Crippen molar-refractivity contribution in [3.05, 3.63) is 54.6 Å². The molecule has 0 unspecified atom stereocenters. The van der Waals surface area contributed by atoms with Gasteiger partial charge in [-0.3, -0.25) is 0 Å². The molecule has 102 valence electrons. The fourth-order valence-corrected chi connectivity index (χ4v) is 1.40. The third kappa shape index (κ3) is 3.84. The van der Waals surface area contributed by atoms with E-state index in [4.69, 9.17) is 9.57 Å². The Morgan fingerprint density at radius 3 is 2.35 bits per heavy atom. The van der Waals surface area contributed by atoms with Crippen LogP contribution in [0.4, 0.5) is 0 Å². The van der Waals surface area contributed by atoms with Crippen molar-refractivity contribution in [3.63, 3.8) is 0 Å². The first-order chi connectivity index (χ1) is 9.79. The topological polar surface area (TPSA) is 57.1 Å². The molecule has 0 aliphatic heterocycles. The first-order valence-electron chi connectivity index (χ1n) is 5.90. The number of rotatable bonds is 5. The molecule has 0 aliphatic carbocycles. The van der Waals surface area contributed by atoms with Crippen molar-refractivity contribution < 1.29 is 19.1 Å². The van der Waals surface area contributed by atoms with Crippen LogP contribution in [-0.4, -0.2) is 19.3 Å². The maximum absolute atomic E-state index is 10.9. The Kier molecular flexibility index (Phi) is 4.72. The molecule has 5 heteroatoms. The summed E-state index contributed by atoms with van der Waals surface area (Å²) < 4.78 is 10.1. The van der Waals surface area contributed by atoms with Gasteiger partial charge in [0.1, 0.15) is 5.75 Å². The molecule has 0 aromatic heterocycles. The Balaban J connectivity index is 2.10. The lowest BCUT2D eigenvalue weighted by molar-refractivity contribution is -0.132. The third-order valence-corrected chi connectivity index (χ3v) is 2.33. The second-order valence-corrected chi connectivity index (χ2v) is 3.71. The van der Waals surface area contributed by atoms with Crippen molar-refractivity contribution in [3.8, 4) is 17.2 Å². The number of esters is 1. The number of para-hydroxylation sites is 3. The van der Waals surface area contributed by atoms with E-state index in [0.29, 0.717) is 17.2 Å². The number of oxime groups is 1. The molecule has 2 rings (SSSR count). The molecule has 0 saturated carbocycles. The second-order valence-electron chi connectivity index (χ2n) is 3.71. The zero-order valence-corrected chi connectivity index (χ0v) is 10.9. The number of hydrogen-bond donors (Lipinski definition) is 0. The Morgan fingerprint density at radius 1 is 1.00 bits per heavy atom. The van der Waals surface area contributed by atoms with Crippen molar-refractivity contribution in [2.24, 2.45) is 5.16 Å². The molecular weight excluding hydrogens is 258 g/mol. The monoisotopic (exact) mass is 271 g/mol. The van der Waals surface area contributed by atoms with E-state index in [2.05, 4.69) is 9.89 Å². The predicted octanol–water partition coefficient (Wildman–Crippen LogP) is 3.02. The number of ether oxygens (including phenoxy) is 2. The van der Waals surface area contributed by atoms with Gasteiger partial charge in [-0.05, 0) is 24.3 Å². The van der Waals surface area contributed by atoms with Gasteiger partial charge in [-0.1, -0.05) is 35.5 Å². The summed E-state index contributed by atoms with van der Waals surface area (Å²) in [4.78, 5) is 16.0. The minimum absolute atomic E-state index is 0.400. The highest BCUT2D eigenvalue weighted by Gasteiger charge is 2.05. The zero-order valence-electron chi connectivity index (χ0n) is 10.9. The lowest BCUT2D eigenvalue weighted by Gasteiger charge is -2.08. The smallest absolute Gasteiger partial charge is 0.352 e. The third-order valence-electron chi connectivity index (χ3n) is 2.33. The van der Waals surface area contributed by atoms with E-state index < -0.39 is 5.97 Å². The fourth-order valence-electron chi connectivity index (χ4n) is 1.40. The Bertz CT molecular complexity index is 596. The predicted molar refractivity (Wildman–Crippen MR) is 74.1 cm³/mol. The van der Waals surface area contributed by atoms with E-state index in [9.17, 15) is 4.79 Å². The van der Waals surface area contributed by atoms with Gasteiger partial charge in [0.15, 0.2) is 17.7 Å². The summed E-state index contributed by atoms with van der Waals surface area (Å²) in [5.41, 5.74) is 0. The van der Waals surface area contributed by atoms with Gasteiger partial charge in [0.05, 0.1) is 7.11 Å². The molecule has 0 saturated heterocycles. The van der Waals surface area contributed by atoms with E-state index in [0.717, 1.165) is 6.21 Å². The maximum Gasteiger partial charge on any atom is 0.352 e. The summed E-state index contributed by atoms with van der Waals surface area (Å²) >= 11 is 0.